The molecule has 3 saturated heterocycles. The first-order valence-corrected chi connectivity index (χ1v) is 10.4. The number of amides is 3. The first kappa shape index (κ1) is 19.2. The first-order chi connectivity index (χ1) is 13.4. The summed E-state index contributed by atoms with van der Waals surface area (Å²) in [5, 5.41) is 0.611. The standard InChI is InChI=1S/C21H26ClN3O3/c1-3-25-20(28)17-12-24(14(2)26)13-18(17)21(25)8-10-23(11-9-21)19(27)15-4-6-16(22)7-5-15/h4-7,17-18H,3,8-13H2,1-2H3/t17-,18+/m0/s1. The van der Waals surface area contributed by atoms with Gasteiger partial charge in [-0.2, -0.15) is 0 Å². The Bertz CT molecular complexity index is 802. The van der Waals surface area contributed by atoms with Crippen molar-refractivity contribution >= 4 is 29.3 Å². The Labute approximate surface area is 170 Å². The number of hydrogen-bond acceptors (Lipinski definition) is 3. The number of rotatable bonds is 2. The van der Waals surface area contributed by atoms with Gasteiger partial charge in [-0.3, -0.25) is 14.4 Å². The van der Waals surface area contributed by atoms with Gasteiger partial charge in [0.25, 0.3) is 5.91 Å². The Morgan fingerprint density at radius 2 is 1.75 bits per heavy atom. The average Bonchev–Trinajstić information content (AvgIpc) is 3.22. The molecular formula is C21H26ClN3O3. The van der Waals surface area contributed by atoms with Crippen LogP contribution in [0.1, 0.15) is 37.0 Å². The van der Waals surface area contributed by atoms with Gasteiger partial charge >= 0.3 is 0 Å². The van der Waals surface area contributed by atoms with Crippen LogP contribution >= 0.6 is 11.6 Å². The monoisotopic (exact) mass is 403 g/mol. The summed E-state index contributed by atoms with van der Waals surface area (Å²) in [5.41, 5.74) is 0.397. The maximum atomic E-state index is 13.0. The van der Waals surface area contributed by atoms with Crippen molar-refractivity contribution in [1.29, 1.82) is 0 Å². The lowest BCUT2D eigenvalue weighted by Gasteiger charge is -2.47. The number of halogens is 1. The van der Waals surface area contributed by atoms with Gasteiger partial charge in [0.05, 0.1) is 11.5 Å². The Kier molecular flexibility index (Phi) is 4.86. The minimum atomic E-state index is -0.239. The topological polar surface area (TPSA) is 60.9 Å². The highest BCUT2D eigenvalue weighted by Gasteiger charge is 2.61. The molecule has 28 heavy (non-hydrogen) atoms. The summed E-state index contributed by atoms with van der Waals surface area (Å²) in [4.78, 5) is 43.5. The van der Waals surface area contributed by atoms with Gasteiger partial charge in [0.15, 0.2) is 0 Å². The van der Waals surface area contributed by atoms with Gasteiger partial charge in [-0.25, -0.2) is 0 Å². The number of benzene rings is 1. The van der Waals surface area contributed by atoms with Crippen LogP contribution < -0.4 is 0 Å². The number of likely N-dealkylation sites (tertiary alicyclic amines) is 3. The predicted octanol–water partition coefficient (Wildman–Crippen LogP) is 2.27. The highest BCUT2D eigenvalue weighted by molar-refractivity contribution is 6.30. The van der Waals surface area contributed by atoms with Gasteiger partial charge in [-0.1, -0.05) is 11.6 Å². The molecule has 3 aliphatic heterocycles. The van der Waals surface area contributed by atoms with Crippen molar-refractivity contribution in [2.45, 2.75) is 32.2 Å². The van der Waals surface area contributed by atoms with Crippen molar-refractivity contribution in [3.63, 3.8) is 0 Å². The number of fused-ring (bicyclic) bond motifs is 2. The van der Waals surface area contributed by atoms with E-state index >= 15 is 0 Å². The van der Waals surface area contributed by atoms with Crippen LogP contribution in [0.5, 0.6) is 0 Å². The van der Waals surface area contributed by atoms with Gasteiger partial charge < -0.3 is 14.7 Å². The zero-order chi connectivity index (χ0) is 20.1. The summed E-state index contributed by atoms with van der Waals surface area (Å²) < 4.78 is 0. The van der Waals surface area contributed by atoms with Crippen molar-refractivity contribution in [2.75, 3.05) is 32.7 Å². The fourth-order valence-corrected chi connectivity index (χ4v) is 5.58. The molecule has 0 aliphatic carbocycles. The van der Waals surface area contributed by atoms with Crippen molar-refractivity contribution in [3.8, 4) is 0 Å². The molecule has 0 aromatic heterocycles. The lowest BCUT2D eigenvalue weighted by Crippen LogP contribution is -2.58. The summed E-state index contributed by atoms with van der Waals surface area (Å²) in [6.07, 6.45) is 1.53. The summed E-state index contributed by atoms with van der Waals surface area (Å²) in [6.45, 7) is 6.69. The number of nitrogens with zero attached hydrogens (tertiary/aromatic N) is 3. The second-order valence-electron chi connectivity index (χ2n) is 8.12. The Balaban J connectivity index is 1.53. The molecule has 150 valence electrons. The molecule has 0 saturated carbocycles. The van der Waals surface area contributed by atoms with Crippen LogP contribution in [-0.2, 0) is 9.59 Å². The molecule has 3 heterocycles. The quantitative estimate of drug-likeness (QED) is 0.761. The minimum Gasteiger partial charge on any atom is -0.342 e. The van der Waals surface area contributed by atoms with Gasteiger partial charge in [-0.15, -0.1) is 0 Å². The number of carbonyl (C=O) groups excluding carboxylic acids is 3. The van der Waals surface area contributed by atoms with Gasteiger partial charge in [0.1, 0.15) is 0 Å². The van der Waals surface area contributed by atoms with Crippen LogP contribution in [0.3, 0.4) is 0 Å². The van der Waals surface area contributed by atoms with E-state index in [-0.39, 0.29) is 35.1 Å². The van der Waals surface area contributed by atoms with Crippen LogP contribution in [0, 0.1) is 11.8 Å². The van der Waals surface area contributed by atoms with E-state index in [4.69, 9.17) is 11.6 Å². The van der Waals surface area contributed by atoms with E-state index in [0.717, 1.165) is 12.8 Å². The van der Waals surface area contributed by atoms with E-state index in [2.05, 4.69) is 0 Å². The largest absolute Gasteiger partial charge is 0.342 e. The van der Waals surface area contributed by atoms with Crippen LogP contribution in [-0.4, -0.2) is 70.7 Å². The molecule has 6 nitrogen and oxygen atoms in total. The summed E-state index contributed by atoms with van der Waals surface area (Å²) in [6, 6.07) is 6.97. The molecule has 2 atom stereocenters. The SMILES string of the molecule is CCN1C(=O)[C@H]2CN(C(C)=O)C[C@H]2C12CCN(C(=O)c1ccc(Cl)cc1)CC2. The highest BCUT2D eigenvalue weighted by atomic mass is 35.5. The summed E-state index contributed by atoms with van der Waals surface area (Å²) in [5.74, 6) is 0.288. The lowest BCUT2D eigenvalue weighted by atomic mass is 9.74. The molecule has 3 aliphatic rings. The van der Waals surface area contributed by atoms with E-state index in [0.29, 0.717) is 43.3 Å². The molecule has 0 unspecified atom stereocenters. The fourth-order valence-electron chi connectivity index (χ4n) is 5.46. The Hall–Kier alpha value is -2.08. The van der Waals surface area contributed by atoms with Crippen molar-refractivity contribution < 1.29 is 14.4 Å². The second-order valence-corrected chi connectivity index (χ2v) is 8.56. The van der Waals surface area contributed by atoms with E-state index in [1.165, 1.54) is 0 Å². The third kappa shape index (κ3) is 2.89. The van der Waals surface area contributed by atoms with Crippen LogP contribution in [0.2, 0.25) is 5.02 Å². The molecule has 0 N–H and O–H groups in total. The molecule has 1 spiro atoms. The van der Waals surface area contributed by atoms with Gasteiger partial charge in [0, 0.05) is 56.2 Å². The molecular weight excluding hydrogens is 378 g/mol. The number of hydrogen-bond donors (Lipinski definition) is 0. The zero-order valence-corrected chi connectivity index (χ0v) is 17.1. The molecule has 7 heteroatoms. The lowest BCUT2D eigenvalue weighted by molar-refractivity contribution is -0.136. The normalized spacial score (nSPS) is 26.1. The van der Waals surface area contributed by atoms with Gasteiger partial charge in [-0.05, 0) is 44.0 Å². The van der Waals surface area contributed by atoms with E-state index in [1.54, 1.807) is 31.2 Å². The molecule has 1 aromatic carbocycles. The van der Waals surface area contributed by atoms with E-state index < -0.39 is 0 Å². The highest BCUT2D eigenvalue weighted by Crippen LogP contribution is 2.49. The average molecular weight is 404 g/mol. The molecule has 1 aromatic rings. The van der Waals surface area contributed by atoms with Crippen molar-refractivity contribution in [3.05, 3.63) is 34.9 Å². The Morgan fingerprint density at radius 1 is 1.11 bits per heavy atom. The summed E-state index contributed by atoms with van der Waals surface area (Å²) in [7, 11) is 0. The summed E-state index contributed by atoms with van der Waals surface area (Å²) >= 11 is 5.93. The minimum absolute atomic E-state index is 0.00669. The third-order valence-corrected chi connectivity index (χ3v) is 7.15. The number of carbonyl (C=O) groups is 3. The van der Waals surface area contributed by atoms with Gasteiger partial charge in [0.2, 0.25) is 11.8 Å². The number of piperidine rings is 1. The van der Waals surface area contributed by atoms with Crippen molar-refractivity contribution in [1.82, 2.24) is 14.7 Å². The molecule has 0 radical (unpaired) electrons. The molecule has 3 fully saturated rings. The third-order valence-electron chi connectivity index (χ3n) is 6.90. The molecule has 4 rings (SSSR count). The smallest absolute Gasteiger partial charge is 0.253 e. The second kappa shape index (κ2) is 7.07. The van der Waals surface area contributed by atoms with E-state index in [1.807, 2.05) is 21.6 Å². The van der Waals surface area contributed by atoms with Crippen LogP contribution in [0.15, 0.2) is 24.3 Å². The predicted molar refractivity (Wildman–Crippen MR) is 106 cm³/mol. The maximum absolute atomic E-state index is 13.0. The fraction of sp³-hybridized carbons (Fsp3) is 0.571. The zero-order valence-electron chi connectivity index (χ0n) is 16.4. The Morgan fingerprint density at radius 3 is 2.32 bits per heavy atom. The first-order valence-electron chi connectivity index (χ1n) is 9.99. The van der Waals surface area contributed by atoms with E-state index in [9.17, 15) is 14.4 Å². The maximum Gasteiger partial charge on any atom is 0.253 e. The van der Waals surface area contributed by atoms with Crippen LogP contribution in [0.4, 0.5) is 0 Å². The molecule has 0 bridgehead atoms. The van der Waals surface area contributed by atoms with Crippen LogP contribution in [0.25, 0.3) is 0 Å². The van der Waals surface area contributed by atoms with Crippen molar-refractivity contribution in [2.24, 2.45) is 11.8 Å². The molecule has 3 amide bonds.